The van der Waals surface area contributed by atoms with E-state index in [-0.39, 0.29) is 5.75 Å². The van der Waals surface area contributed by atoms with Crippen LogP contribution < -0.4 is 14.2 Å². The molecule has 0 saturated carbocycles. The quantitative estimate of drug-likeness (QED) is 0.534. The lowest BCUT2D eigenvalue weighted by atomic mass is 10.1. The number of carbonyl (C=O) groups is 1. The summed E-state index contributed by atoms with van der Waals surface area (Å²) in [5.41, 5.74) is 0.700. The number of ether oxygens (including phenoxy) is 3. The molecule has 0 aliphatic carbocycles. The Labute approximate surface area is 149 Å². The predicted octanol–water partition coefficient (Wildman–Crippen LogP) is 2.33. The average molecular weight is 365 g/mol. The first kappa shape index (κ1) is 18.7. The molecule has 25 heavy (non-hydrogen) atoms. The molecule has 1 aromatic carbocycles. The fraction of sp³-hybridized carbons (Fsp3) is 0.312. The number of hydrogen-bond acceptors (Lipinski definition) is 7. The lowest BCUT2D eigenvalue weighted by Gasteiger charge is -2.14. The Morgan fingerprint density at radius 3 is 2.36 bits per heavy atom. The van der Waals surface area contributed by atoms with Crippen LogP contribution in [-0.2, 0) is 11.3 Å². The molecule has 0 aliphatic heterocycles. The number of aliphatic carboxylic acids is 1. The molecule has 9 heteroatoms. The van der Waals surface area contributed by atoms with Crippen LogP contribution in [0.4, 0.5) is 0 Å². The van der Waals surface area contributed by atoms with Gasteiger partial charge >= 0.3 is 5.97 Å². The first-order valence-electron chi connectivity index (χ1n) is 7.24. The summed E-state index contributed by atoms with van der Waals surface area (Å²) in [5, 5.41) is 17.6. The zero-order valence-electron chi connectivity index (χ0n) is 14.2. The lowest BCUT2D eigenvalue weighted by molar-refractivity contribution is -0.133. The molecule has 2 rings (SSSR count). The Kier molecular flexibility index (Phi) is 6.29. The van der Waals surface area contributed by atoms with E-state index in [2.05, 4.69) is 16.8 Å². The van der Waals surface area contributed by atoms with Gasteiger partial charge in [0.1, 0.15) is 0 Å². The highest BCUT2D eigenvalue weighted by Gasteiger charge is 2.19. The lowest BCUT2D eigenvalue weighted by Crippen LogP contribution is -2.04. The molecule has 0 fully saturated rings. The van der Waals surface area contributed by atoms with Gasteiger partial charge in [0.15, 0.2) is 22.5 Å². The van der Waals surface area contributed by atoms with Gasteiger partial charge < -0.3 is 19.3 Å². The van der Waals surface area contributed by atoms with Crippen LogP contribution in [0.2, 0.25) is 0 Å². The molecule has 0 atom stereocenters. The standard InChI is InChI=1S/C16H19N3O5S/c1-5-6-19-15(17-18-16(19)25-9-13(20)21)10-7-11(22-2)14(24-4)12(8-10)23-3/h5,7-8H,1,6,9H2,2-4H3,(H,20,21). The van der Waals surface area contributed by atoms with Gasteiger partial charge in [0, 0.05) is 12.1 Å². The smallest absolute Gasteiger partial charge is 0.313 e. The summed E-state index contributed by atoms with van der Waals surface area (Å²) in [6.07, 6.45) is 1.69. The van der Waals surface area contributed by atoms with E-state index in [1.54, 1.807) is 22.8 Å². The van der Waals surface area contributed by atoms with Crippen LogP contribution in [0.3, 0.4) is 0 Å². The predicted molar refractivity (Wildman–Crippen MR) is 93.7 cm³/mol. The van der Waals surface area contributed by atoms with Crippen molar-refractivity contribution in [3.63, 3.8) is 0 Å². The number of carboxylic acid groups (broad SMARTS) is 1. The Morgan fingerprint density at radius 2 is 1.88 bits per heavy atom. The minimum absolute atomic E-state index is 0.107. The Bertz CT molecular complexity index is 750. The molecule has 0 aliphatic rings. The Morgan fingerprint density at radius 1 is 1.24 bits per heavy atom. The molecule has 134 valence electrons. The van der Waals surface area contributed by atoms with E-state index in [0.717, 1.165) is 11.8 Å². The second-order valence-electron chi connectivity index (χ2n) is 4.80. The molecule has 0 unspecified atom stereocenters. The molecule has 1 aromatic heterocycles. The van der Waals surface area contributed by atoms with Gasteiger partial charge in [0.2, 0.25) is 5.75 Å². The van der Waals surface area contributed by atoms with Gasteiger partial charge in [-0.1, -0.05) is 17.8 Å². The van der Waals surface area contributed by atoms with Crippen LogP contribution in [0.15, 0.2) is 29.9 Å². The summed E-state index contributed by atoms with van der Waals surface area (Å²) in [6.45, 7) is 4.16. The number of nitrogens with zero attached hydrogens (tertiary/aromatic N) is 3. The third-order valence-electron chi connectivity index (χ3n) is 3.28. The molecular weight excluding hydrogens is 346 g/mol. The number of aromatic nitrogens is 3. The minimum atomic E-state index is -0.924. The van der Waals surface area contributed by atoms with Crippen LogP contribution in [0.5, 0.6) is 17.2 Å². The van der Waals surface area contributed by atoms with Crippen molar-refractivity contribution < 1.29 is 24.1 Å². The van der Waals surface area contributed by atoms with Gasteiger partial charge in [-0.05, 0) is 12.1 Å². The third-order valence-corrected chi connectivity index (χ3v) is 4.23. The van der Waals surface area contributed by atoms with Crippen molar-refractivity contribution >= 4 is 17.7 Å². The van der Waals surface area contributed by atoms with Crippen molar-refractivity contribution in [1.29, 1.82) is 0 Å². The van der Waals surface area contributed by atoms with Gasteiger partial charge in [-0.15, -0.1) is 16.8 Å². The summed E-state index contributed by atoms with van der Waals surface area (Å²) < 4.78 is 17.8. The topological polar surface area (TPSA) is 95.7 Å². The van der Waals surface area contributed by atoms with E-state index in [4.69, 9.17) is 19.3 Å². The third kappa shape index (κ3) is 4.05. The zero-order chi connectivity index (χ0) is 18.4. The second-order valence-corrected chi connectivity index (χ2v) is 5.74. The molecule has 1 N–H and O–H groups in total. The molecular formula is C16H19N3O5S. The fourth-order valence-electron chi connectivity index (χ4n) is 2.24. The van der Waals surface area contributed by atoms with Crippen molar-refractivity contribution in [2.75, 3.05) is 27.1 Å². The molecule has 0 bridgehead atoms. The average Bonchev–Trinajstić information content (AvgIpc) is 3.01. The number of methoxy groups -OCH3 is 3. The SMILES string of the molecule is C=CCn1c(SCC(=O)O)nnc1-c1cc(OC)c(OC)c(OC)c1. The molecule has 2 aromatic rings. The monoisotopic (exact) mass is 365 g/mol. The summed E-state index contributed by atoms with van der Waals surface area (Å²) in [4.78, 5) is 10.8. The number of allylic oxidation sites excluding steroid dienone is 1. The van der Waals surface area contributed by atoms with Crippen molar-refractivity contribution in [1.82, 2.24) is 14.8 Å². The highest BCUT2D eigenvalue weighted by atomic mass is 32.2. The highest BCUT2D eigenvalue weighted by molar-refractivity contribution is 7.99. The first-order valence-corrected chi connectivity index (χ1v) is 8.23. The molecule has 0 radical (unpaired) electrons. The highest BCUT2D eigenvalue weighted by Crippen LogP contribution is 2.41. The molecule has 1 heterocycles. The number of carboxylic acids is 1. The van der Waals surface area contributed by atoms with Gasteiger partial charge in [-0.2, -0.15) is 0 Å². The number of thioether (sulfide) groups is 1. The largest absolute Gasteiger partial charge is 0.493 e. The van der Waals surface area contributed by atoms with Crippen molar-refractivity contribution in [2.24, 2.45) is 0 Å². The van der Waals surface area contributed by atoms with Gasteiger partial charge in [-0.3, -0.25) is 9.36 Å². The maximum atomic E-state index is 10.8. The van der Waals surface area contributed by atoms with E-state index in [1.807, 2.05) is 0 Å². The van der Waals surface area contributed by atoms with E-state index in [9.17, 15) is 4.79 Å². The minimum Gasteiger partial charge on any atom is -0.493 e. The van der Waals surface area contributed by atoms with Crippen LogP contribution in [-0.4, -0.2) is 52.9 Å². The van der Waals surface area contributed by atoms with Crippen LogP contribution >= 0.6 is 11.8 Å². The fourth-order valence-corrected chi connectivity index (χ4v) is 2.91. The summed E-state index contributed by atoms with van der Waals surface area (Å²) in [6, 6.07) is 3.52. The van der Waals surface area contributed by atoms with Crippen LogP contribution in [0.1, 0.15) is 0 Å². The summed E-state index contributed by atoms with van der Waals surface area (Å²) in [5.74, 6) is 0.975. The molecule has 0 saturated heterocycles. The number of rotatable bonds is 9. The maximum absolute atomic E-state index is 10.8. The second kappa shape index (κ2) is 8.43. The molecule has 0 amide bonds. The van der Waals surface area contributed by atoms with Gasteiger partial charge in [0.25, 0.3) is 0 Å². The number of benzene rings is 1. The summed E-state index contributed by atoms with van der Waals surface area (Å²) >= 11 is 1.09. The van der Waals surface area contributed by atoms with E-state index in [1.165, 1.54) is 21.3 Å². The van der Waals surface area contributed by atoms with Crippen LogP contribution in [0, 0.1) is 0 Å². The molecule has 8 nitrogen and oxygen atoms in total. The van der Waals surface area contributed by atoms with Gasteiger partial charge in [-0.25, -0.2) is 0 Å². The number of hydrogen-bond donors (Lipinski definition) is 1. The zero-order valence-corrected chi connectivity index (χ0v) is 15.0. The maximum Gasteiger partial charge on any atom is 0.313 e. The van der Waals surface area contributed by atoms with Crippen molar-refractivity contribution in [2.45, 2.75) is 11.7 Å². The normalized spacial score (nSPS) is 10.4. The summed E-state index contributed by atoms with van der Waals surface area (Å²) in [7, 11) is 4.59. The van der Waals surface area contributed by atoms with Crippen LogP contribution in [0.25, 0.3) is 11.4 Å². The Balaban J connectivity index is 2.53. The van der Waals surface area contributed by atoms with E-state index >= 15 is 0 Å². The van der Waals surface area contributed by atoms with Crippen molar-refractivity contribution in [3.8, 4) is 28.6 Å². The van der Waals surface area contributed by atoms with Crippen molar-refractivity contribution in [3.05, 3.63) is 24.8 Å². The first-order chi connectivity index (χ1) is 12.0. The molecule has 0 spiro atoms. The van der Waals surface area contributed by atoms with Gasteiger partial charge in [0.05, 0.1) is 27.1 Å². The Hall–Kier alpha value is -2.68. The van der Waals surface area contributed by atoms with E-state index < -0.39 is 5.97 Å². The van der Waals surface area contributed by atoms with E-state index in [0.29, 0.717) is 40.3 Å².